The molecule has 1 amide bonds. The number of aliphatic hydroxyl groups is 1. The van der Waals surface area contributed by atoms with E-state index in [0.29, 0.717) is 33.3 Å². The minimum Gasteiger partial charge on any atom is -0.377 e. The van der Waals surface area contributed by atoms with Gasteiger partial charge in [-0.1, -0.05) is 39.3 Å². The maximum atomic E-state index is 15.0. The number of ketones is 1. The highest BCUT2D eigenvalue weighted by atomic mass is 35.5. The van der Waals surface area contributed by atoms with Crippen LogP contribution >= 0.6 is 11.6 Å². The first-order valence-corrected chi connectivity index (χ1v) is 15.0. The first kappa shape index (κ1) is 30.7. The Morgan fingerprint density at radius 2 is 1.80 bits per heavy atom. The van der Waals surface area contributed by atoms with Gasteiger partial charge in [0.1, 0.15) is 16.8 Å². The van der Waals surface area contributed by atoms with E-state index in [0.717, 1.165) is 13.0 Å². The molecular formula is C32H32ClF4N3O4. The Kier molecular flexibility index (Phi) is 6.70. The summed E-state index contributed by atoms with van der Waals surface area (Å²) in [4.78, 5) is 44.9. The minimum absolute atomic E-state index is 0.00719. The number of benzene rings is 1. The number of halogens is 5. The zero-order chi connectivity index (χ0) is 32.3. The number of nitrogens with one attached hydrogen (secondary N) is 1. The van der Waals surface area contributed by atoms with Crippen molar-refractivity contribution in [2.45, 2.75) is 91.1 Å². The largest absolute Gasteiger partial charge is 0.403 e. The molecule has 44 heavy (non-hydrogen) atoms. The summed E-state index contributed by atoms with van der Waals surface area (Å²) < 4.78 is 59.9. The Morgan fingerprint density at radius 3 is 2.41 bits per heavy atom. The van der Waals surface area contributed by atoms with Gasteiger partial charge in [0, 0.05) is 34.6 Å². The predicted octanol–water partition coefficient (Wildman–Crippen LogP) is 6.05. The number of Topliss-reactive ketones (excluding diaryl/α,β-unsaturated/α-hetero) is 1. The van der Waals surface area contributed by atoms with Gasteiger partial charge in [-0.2, -0.15) is 13.2 Å². The second kappa shape index (κ2) is 9.59. The fourth-order valence-electron chi connectivity index (χ4n) is 7.08. The van der Waals surface area contributed by atoms with E-state index in [1.165, 1.54) is 25.3 Å². The SMILES string of the molecule is CC[C@@]1(O)C(=O)CCc2c1cc1n(c2=O)Cc2c-1nc1cc(F)c(Cl)c3c1c2[C@H](NC(=O)[C@](C)(C(C)(C)C)C(F)(F)F)CC3. The third-order valence-corrected chi connectivity index (χ3v) is 10.7. The van der Waals surface area contributed by atoms with Gasteiger partial charge in [-0.3, -0.25) is 14.4 Å². The van der Waals surface area contributed by atoms with Crippen LogP contribution in [0.2, 0.25) is 5.02 Å². The lowest BCUT2D eigenvalue weighted by Crippen LogP contribution is -2.56. The van der Waals surface area contributed by atoms with Gasteiger partial charge in [0.2, 0.25) is 5.91 Å². The van der Waals surface area contributed by atoms with Gasteiger partial charge in [-0.15, -0.1) is 0 Å². The van der Waals surface area contributed by atoms with Crippen molar-refractivity contribution in [1.29, 1.82) is 0 Å². The third-order valence-electron chi connectivity index (χ3n) is 10.2. The molecule has 0 saturated heterocycles. The first-order valence-electron chi connectivity index (χ1n) is 14.6. The first-order chi connectivity index (χ1) is 20.4. The van der Waals surface area contributed by atoms with Gasteiger partial charge < -0.3 is 15.0 Å². The van der Waals surface area contributed by atoms with Crippen LogP contribution in [0, 0.1) is 16.6 Å². The Bertz CT molecular complexity index is 1850. The van der Waals surface area contributed by atoms with Crippen LogP contribution in [0.1, 0.15) is 87.7 Å². The molecule has 0 fully saturated rings. The van der Waals surface area contributed by atoms with Crippen LogP contribution < -0.4 is 10.9 Å². The van der Waals surface area contributed by atoms with Crippen LogP contribution in [0.5, 0.6) is 0 Å². The van der Waals surface area contributed by atoms with Gasteiger partial charge in [0.25, 0.3) is 5.56 Å². The van der Waals surface area contributed by atoms with Gasteiger partial charge >= 0.3 is 6.18 Å². The van der Waals surface area contributed by atoms with E-state index in [1.807, 2.05) is 0 Å². The van der Waals surface area contributed by atoms with Crippen molar-refractivity contribution in [1.82, 2.24) is 14.9 Å². The Balaban J connectivity index is 1.59. The number of hydrogen-bond donors (Lipinski definition) is 2. The van der Waals surface area contributed by atoms with Crippen LogP contribution in [0.3, 0.4) is 0 Å². The fourth-order valence-corrected chi connectivity index (χ4v) is 7.32. The topological polar surface area (TPSA) is 101 Å². The molecule has 7 nitrogen and oxygen atoms in total. The van der Waals surface area contributed by atoms with Crippen molar-refractivity contribution in [3.05, 3.63) is 61.1 Å². The normalized spacial score (nSPS) is 22.3. The van der Waals surface area contributed by atoms with E-state index in [9.17, 15) is 32.7 Å². The van der Waals surface area contributed by atoms with E-state index < -0.39 is 51.7 Å². The maximum absolute atomic E-state index is 15.0. The number of alkyl halides is 3. The smallest absolute Gasteiger partial charge is 0.377 e. The highest BCUT2D eigenvalue weighted by Crippen LogP contribution is 2.52. The summed E-state index contributed by atoms with van der Waals surface area (Å²) in [7, 11) is 0. The van der Waals surface area contributed by atoms with Crippen molar-refractivity contribution in [2.75, 3.05) is 0 Å². The van der Waals surface area contributed by atoms with E-state index in [-0.39, 0.29) is 60.4 Å². The molecule has 1 aromatic carbocycles. The van der Waals surface area contributed by atoms with Crippen LogP contribution in [-0.4, -0.2) is 32.5 Å². The molecule has 2 N–H and O–H groups in total. The summed E-state index contributed by atoms with van der Waals surface area (Å²) in [6.45, 7) is 6.59. The Hall–Kier alpha value is -3.31. The summed E-state index contributed by atoms with van der Waals surface area (Å²) in [5.41, 5.74) is -3.89. The van der Waals surface area contributed by atoms with E-state index >= 15 is 4.39 Å². The lowest BCUT2D eigenvalue weighted by atomic mass is 9.66. The van der Waals surface area contributed by atoms with Crippen LogP contribution in [0.4, 0.5) is 17.6 Å². The van der Waals surface area contributed by atoms with Crippen molar-refractivity contribution < 1.29 is 32.3 Å². The second-order valence-electron chi connectivity index (χ2n) is 13.3. The number of carbonyl (C=O) groups excluding carboxylic acids is 2. The number of pyridine rings is 2. The van der Waals surface area contributed by atoms with Gasteiger partial charge in [0.15, 0.2) is 5.78 Å². The molecule has 3 aliphatic rings. The zero-order valence-electron chi connectivity index (χ0n) is 24.9. The summed E-state index contributed by atoms with van der Waals surface area (Å²) in [6, 6.07) is 1.78. The number of aryl methyl sites for hydroxylation is 1. The van der Waals surface area contributed by atoms with E-state index in [4.69, 9.17) is 16.6 Å². The molecule has 2 aliphatic carbocycles. The van der Waals surface area contributed by atoms with Gasteiger partial charge in [-0.05, 0) is 55.2 Å². The van der Waals surface area contributed by atoms with Crippen LogP contribution in [0.15, 0.2) is 16.9 Å². The molecule has 1 aliphatic heterocycles. The molecule has 3 aromatic rings. The number of aromatic nitrogens is 2. The lowest BCUT2D eigenvalue weighted by molar-refractivity contribution is -0.243. The van der Waals surface area contributed by atoms with E-state index in [1.54, 1.807) is 13.0 Å². The van der Waals surface area contributed by atoms with Gasteiger partial charge in [0.05, 0.1) is 34.5 Å². The number of amides is 1. The third kappa shape index (κ3) is 3.97. The van der Waals surface area contributed by atoms with Crippen molar-refractivity contribution in [3.63, 3.8) is 0 Å². The molecule has 0 saturated carbocycles. The summed E-state index contributed by atoms with van der Waals surface area (Å²) in [6.07, 6.45) is -4.33. The minimum atomic E-state index is -4.86. The number of fused-ring (bicyclic) bond motifs is 5. The average Bonchev–Trinajstić information content (AvgIpc) is 3.31. The summed E-state index contributed by atoms with van der Waals surface area (Å²) >= 11 is 6.38. The number of carbonyl (C=O) groups is 2. The molecule has 3 atom stereocenters. The molecule has 2 aromatic heterocycles. The number of nitrogens with zero attached hydrogens (tertiary/aromatic N) is 2. The monoisotopic (exact) mass is 633 g/mol. The summed E-state index contributed by atoms with van der Waals surface area (Å²) in [5, 5.41) is 14.3. The molecule has 12 heteroatoms. The molecule has 0 radical (unpaired) electrons. The highest BCUT2D eigenvalue weighted by molar-refractivity contribution is 6.32. The lowest BCUT2D eigenvalue weighted by Gasteiger charge is -2.42. The fraction of sp³-hybridized carbons (Fsp3) is 0.500. The second-order valence-corrected chi connectivity index (χ2v) is 13.7. The van der Waals surface area contributed by atoms with Crippen molar-refractivity contribution in [2.24, 2.45) is 10.8 Å². The molecule has 3 heterocycles. The van der Waals surface area contributed by atoms with Crippen molar-refractivity contribution in [3.8, 4) is 11.4 Å². The molecule has 0 unspecified atom stereocenters. The highest BCUT2D eigenvalue weighted by Gasteiger charge is 2.63. The Morgan fingerprint density at radius 1 is 1.11 bits per heavy atom. The zero-order valence-corrected chi connectivity index (χ0v) is 25.7. The van der Waals surface area contributed by atoms with E-state index in [2.05, 4.69) is 5.32 Å². The molecule has 6 rings (SSSR count). The predicted molar refractivity (Wildman–Crippen MR) is 156 cm³/mol. The number of rotatable bonds is 3. The maximum Gasteiger partial charge on any atom is 0.403 e. The summed E-state index contributed by atoms with van der Waals surface area (Å²) in [5.74, 6) is -2.32. The Labute approximate surface area is 255 Å². The number of hydrogen-bond acceptors (Lipinski definition) is 5. The standard InChI is InChI=1S/C32H32ClF4N3O4/c1-6-31(44)17-11-21-26-16(13-40(21)27(42)14(17)8-10-22(31)41)24-19(39-28(43)30(5,29(2,3)4)32(35,36)37)9-7-15-23(24)20(38-26)12-18(34)25(15)33/h11-12,19,44H,6-10,13H2,1-5H3,(H,39,43)/t19-,30-,31+/m1/s1. The molecule has 0 bridgehead atoms. The molecule has 0 spiro atoms. The van der Waals surface area contributed by atoms with Crippen molar-refractivity contribution >= 4 is 34.2 Å². The molecular weight excluding hydrogens is 602 g/mol. The quantitative estimate of drug-likeness (QED) is 0.268. The van der Waals surface area contributed by atoms with Gasteiger partial charge in [-0.25, -0.2) is 9.37 Å². The average molecular weight is 634 g/mol. The van der Waals surface area contributed by atoms with Crippen LogP contribution in [-0.2, 0) is 34.6 Å². The van der Waals surface area contributed by atoms with Crippen LogP contribution in [0.25, 0.3) is 22.3 Å². The molecule has 234 valence electrons.